The average molecular weight is 182 g/mol. The van der Waals surface area contributed by atoms with Crippen LogP contribution in [0.1, 0.15) is 39.5 Å². The van der Waals surface area contributed by atoms with Crippen LogP contribution in [0.5, 0.6) is 0 Å². The van der Waals surface area contributed by atoms with Gasteiger partial charge in [0.25, 0.3) is 0 Å². The molecule has 0 aromatic heterocycles. The fourth-order valence-electron chi connectivity index (χ4n) is 1.87. The van der Waals surface area contributed by atoms with Gasteiger partial charge in [0, 0.05) is 6.08 Å². The molecule has 0 saturated heterocycles. The maximum Gasteiger partial charge on any atom is 0.330 e. The molecule has 1 rings (SSSR count). The van der Waals surface area contributed by atoms with Gasteiger partial charge in [0.2, 0.25) is 0 Å². The molecule has 2 nitrogen and oxygen atoms in total. The summed E-state index contributed by atoms with van der Waals surface area (Å²) in [6.45, 7) is 4.33. The minimum atomic E-state index is -0.188. The highest BCUT2D eigenvalue weighted by Gasteiger charge is 2.17. The predicted octanol–water partition coefficient (Wildman–Crippen LogP) is 2.69. The number of carbonyl (C=O) groups excluding carboxylic acids is 1. The van der Waals surface area contributed by atoms with E-state index in [4.69, 9.17) is 4.74 Å². The van der Waals surface area contributed by atoms with Crippen LogP contribution in [0.25, 0.3) is 0 Å². The van der Waals surface area contributed by atoms with Crippen LogP contribution in [-0.4, -0.2) is 12.6 Å². The first-order valence-corrected chi connectivity index (χ1v) is 5.09. The Morgan fingerprint density at radius 3 is 2.62 bits per heavy atom. The highest BCUT2D eigenvalue weighted by Crippen LogP contribution is 2.30. The number of carbonyl (C=O) groups is 1. The van der Waals surface area contributed by atoms with Crippen molar-refractivity contribution in [3.05, 3.63) is 11.6 Å². The summed E-state index contributed by atoms with van der Waals surface area (Å²) in [5.41, 5.74) is 1.19. The molecule has 1 fully saturated rings. The lowest BCUT2D eigenvalue weighted by atomic mass is 9.99. The van der Waals surface area contributed by atoms with Crippen molar-refractivity contribution in [1.82, 2.24) is 0 Å². The molecule has 0 aromatic carbocycles. The van der Waals surface area contributed by atoms with E-state index >= 15 is 0 Å². The smallest absolute Gasteiger partial charge is 0.330 e. The van der Waals surface area contributed by atoms with E-state index in [2.05, 4.69) is 0 Å². The van der Waals surface area contributed by atoms with Gasteiger partial charge in [-0.1, -0.05) is 18.4 Å². The molecule has 0 radical (unpaired) electrons. The first-order chi connectivity index (χ1) is 6.24. The predicted molar refractivity (Wildman–Crippen MR) is 52.3 cm³/mol. The van der Waals surface area contributed by atoms with Crippen molar-refractivity contribution in [2.45, 2.75) is 39.5 Å². The molecule has 13 heavy (non-hydrogen) atoms. The van der Waals surface area contributed by atoms with Crippen LogP contribution in [0.15, 0.2) is 11.6 Å². The number of allylic oxidation sites excluding steroid dienone is 1. The summed E-state index contributed by atoms with van der Waals surface area (Å²) in [7, 11) is 0. The van der Waals surface area contributed by atoms with E-state index in [1.54, 1.807) is 6.08 Å². The van der Waals surface area contributed by atoms with Crippen LogP contribution < -0.4 is 0 Å². The molecule has 1 saturated carbocycles. The lowest BCUT2D eigenvalue weighted by molar-refractivity contribution is -0.137. The van der Waals surface area contributed by atoms with Gasteiger partial charge < -0.3 is 4.74 Å². The third-order valence-electron chi connectivity index (χ3n) is 2.63. The van der Waals surface area contributed by atoms with Gasteiger partial charge in [0.15, 0.2) is 0 Å². The summed E-state index contributed by atoms with van der Waals surface area (Å²) < 4.78 is 4.86. The molecular formula is C11H18O2. The molecule has 0 N–H and O–H groups in total. The number of hydrogen-bond donors (Lipinski definition) is 0. The molecule has 1 aliphatic rings. The number of esters is 1. The lowest BCUT2D eigenvalue weighted by Gasteiger charge is -2.08. The minimum Gasteiger partial charge on any atom is -0.463 e. The van der Waals surface area contributed by atoms with Gasteiger partial charge in [-0.15, -0.1) is 0 Å². The average Bonchev–Trinajstić information content (AvgIpc) is 2.55. The maximum absolute atomic E-state index is 11.1. The zero-order valence-electron chi connectivity index (χ0n) is 8.51. The summed E-state index contributed by atoms with van der Waals surface area (Å²) in [5, 5.41) is 0. The van der Waals surface area contributed by atoms with Crippen molar-refractivity contribution in [3.63, 3.8) is 0 Å². The fourth-order valence-corrected chi connectivity index (χ4v) is 1.87. The Morgan fingerprint density at radius 2 is 2.08 bits per heavy atom. The summed E-state index contributed by atoms with van der Waals surface area (Å²) in [5.74, 6) is 0.441. The zero-order valence-corrected chi connectivity index (χ0v) is 8.51. The van der Waals surface area contributed by atoms with Crippen LogP contribution in [0, 0.1) is 5.92 Å². The molecular weight excluding hydrogens is 164 g/mol. The van der Waals surface area contributed by atoms with Crippen molar-refractivity contribution in [2.75, 3.05) is 6.61 Å². The maximum atomic E-state index is 11.1. The highest BCUT2D eigenvalue weighted by molar-refractivity contribution is 5.82. The second kappa shape index (κ2) is 5.05. The topological polar surface area (TPSA) is 26.3 Å². The molecule has 0 atom stereocenters. The third-order valence-corrected chi connectivity index (χ3v) is 2.63. The van der Waals surface area contributed by atoms with E-state index in [9.17, 15) is 4.79 Å². The Morgan fingerprint density at radius 1 is 1.46 bits per heavy atom. The van der Waals surface area contributed by atoms with Crippen molar-refractivity contribution >= 4 is 5.97 Å². The number of hydrogen-bond acceptors (Lipinski definition) is 2. The summed E-state index contributed by atoms with van der Waals surface area (Å²) >= 11 is 0. The Balaban J connectivity index is 2.44. The monoisotopic (exact) mass is 182 g/mol. The number of rotatable bonds is 3. The summed E-state index contributed by atoms with van der Waals surface area (Å²) in [6, 6.07) is 0. The van der Waals surface area contributed by atoms with Crippen molar-refractivity contribution in [1.29, 1.82) is 0 Å². The minimum absolute atomic E-state index is 0.188. The molecule has 0 bridgehead atoms. The van der Waals surface area contributed by atoms with Gasteiger partial charge in [-0.2, -0.15) is 0 Å². The molecule has 0 spiro atoms. The second-order valence-electron chi connectivity index (χ2n) is 3.62. The van der Waals surface area contributed by atoms with Crippen LogP contribution in [0.4, 0.5) is 0 Å². The first-order valence-electron chi connectivity index (χ1n) is 5.09. The van der Waals surface area contributed by atoms with E-state index in [1.165, 1.54) is 31.3 Å². The Kier molecular flexibility index (Phi) is 4.00. The van der Waals surface area contributed by atoms with Crippen LogP contribution >= 0.6 is 0 Å². The van der Waals surface area contributed by atoms with Crippen LogP contribution in [0.2, 0.25) is 0 Å². The zero-order chi connectivity index (χ0) is 9.68. The molecule has 0 amide bonds. The van der Waals surface area contributed by atoms with E-state index in [0.717, 1.165) is 0 Å². The van der Waals surface area contributed by atoms with Gasteiger partial charge in [-0.05, 0) is 32.6 Å². The molecule has 2 heteroatoms. The normalized spacial score (nSPS) is 19.1. The number of ether oxygens (including phenoxy) is 1. The van der Waals surface area contributed by atoms with E-state index in [-0.39, 0.29) is 5.97 Å². The van der Waals surface area contributed by atoms with Gasteiger partial charge in [-0.25, -0.2) is 4.79 Å². The summed E-state index contributed by atoms with van der Waals surface area (Å²) in [6.07, 6.45) is 6.74. The highest BCUT2D eigenvalue weighted by atomic mass is 16.5. The first kappa shape index (κ1) is 10.3. The third kappa shape index (κ3) is 3.21. The molecule has 74 valence electrons. The van der Waals surface area contributed by atoms with Crippen LogP contribution in [0.3, 0.4) is 0 Å². The molecule has 1 aliphatic carbocycles. The van der Waals surface area contributed by atoms with Crippen molar-refractivity contribution in [3.8, 4) is 0 Å². The van der Waals surface area contributed by atoms with Crippen LogP contribution in [-0.2, 0) is 9.53 Å². The largest absolute Gasteiger partial charge is 0.463 e. The van der Waals surface area contributed by atoms with Crippen molar-refractivity contribution < 1.29 is 9.53 Å². The van der Waals surface area contributed by atoms with Gasteiger partial charge >= 0.3 is 5.97 Å². The van der Waals surface area contributed by atoms with Gasteiger partial charge in [0.05, 0.1) is 6.61 Å². The van der Waals surface area contributed by atoms with E-state index in [0.29, 0.717) is 12.5 Å². The van der Waals surface area contributed by atoms with E-state index < -0.39 is 0 Å². The Bertz CT molecular complexity index is 200. The molecule has 0 heterocycles. The molecule has 0 aliphatic heterocycles. The lowest BCUT2D eigenvalue weighted by Crippen LogP contribution is -2.03. The summed E-state index contributed by atoms with van der Waals surface area (Å²) in [4.78, 5) is 11.1. The standard InChI is InChI=1S/C11H18O2/c1-3-13-11(12)8-9(2)10-6-4-5-7-10/h8,10H,3-7H2,1-2H3/b9-8+. The van der Waals surface area contributed by atoms with Crippen molar-refractivity contribution in [2.24, 2.45) is 5.92 Å². The van der Waals surface area contributed by atoms with Gasteiger partial charge in [0.1, 0.15) is 0 Å². The van der Waals surface area contributed by atoms with Gasteiger partial charge in [-0.3, -0.25) is 0 Å². The Labute approximate surface area is 80.0 Å². The SMILES string of the molecule is CCOC(=O)/C=C(\C)C1CCCC1. The second-order valence-corrected chi connectivity index (χ2v) is 3.62. The van der Waals surface area contributed by atoms with E-state index in [1.807, 2.05) is 13.8 Å². The Hall–Kier alpha value is -0.790. The fraction of sp³-hybridized carbons (Fsp3) is 0.727. The quantitative estimate of drug-likeness (QED) is 0.495. The molecule has 0 unspecified atom stereocenters. The molecule has 0 aromatic rings.